The lowest BCUT2D eigenvalue weighted by Gasteiger charge is -2.16. The molecule has 0 bridgehead atoms. The minimum Gasteiger partial charge on any atom is -0.453 e. The Hall–Kier alpha value is -1.71. The number of hydrogen-bond acceptors (Lipinski definition) is 3. The zero-order valence-corrected chi connectivity index (χ0v) is 12.2. The summed E-state index contributed by atoms with van der Waals surface area (Å²) in [5, 5.41) is 6.16. The third-order valence-corrected chi connectivity index (χ3v) is 3.86. The lowest BCUT2D eigenvalue weighted by atomic mass is 10.0. The van der Waals surface area contributed by atoms with Crippen LogP contribution in [-0.2, 0) is 4.74 Å². The maximum Gasteiger partial charge on any atom is 0.411 e. The first kappa shape index (κ1) is 14.7. The second kappa shape index (κ2) is 7.78. The molecule has 0 saturated heterocycles. The van der Waals surface area contributed by atoms with Crippen LogP contribution in [0.25, 0.3) is 0 Å². The first-order valence-corrected chi connectivity index (χ1v) is 7.47. The molecule has 0 atom stereocenters. The molecule has 1 fully saturated rings. The van der Waals surface area contributed by atoms with Crippen molar-refractivity contribution in [3.8, 4) is 0 Å². The van der Waals surface area contributed by atoms with Crippen LogP contribution in [0.15, 0.2) is 24.3 Å². The van der Waals surface area contributed by atoms with Crippen molar-refractivity contribution in [2.75, 3.05) is 24.3 Å². The predicted octanol–water partition coefficient (Wildman–Crippen LogP) is 4.25. The quantitative estimate of drug-likeness (QED) is 0.808. The van der Waals surface area contributed by atoms with Gasteiger partial charge in [-0.25, -0.2) is 4.79 Å². The van der Waals surface area contributed by atoms with Gasteiger partial charge in [-0.15, -0.1) is 0 Å². The van der Waals surface area contributed by atoms with E-state index in [4.69, 9.17) is 0 Å². The first-order valence-electron chi connectivity index (χ1n) is 7.47. The number of carbonyl (C=O) groups excluding carboxylic acids is 1. The molecule has 0 unspecified atom stereocenters. The molecule has 2 rings (SSSR count). The SMILES string of the molecule is COC(=O)Nc1cccc(NCC2CCCCCC2)c1. The van der Waals surface area contributed by atoms with E-state index in [1.807, 2.05) is 24.3 Å². The van der Waals surface area contributed by atoms with Gasteiger partial charge >= 0.3 is 6.09 Å². The summed E-state index contributed by atoms with van der Waals surface area (Å²) in [7, 11) is 1.36. The molecule has 1 aliphatic carbocycles. The smallest absolute Gasteiger partial charge is 0.411 e. The summed E-state index contributed by atoms with van der Waals surface area (Å²) in [6, 6.07) is 7.75. The monoisotopic (exact) mass is 276 g/mol. The van der Waals surface area contributed by atoms with Crippen LogP contribution in [0.4, 0.5) is 16.2 Å². The number of ether oxygens (including phenoxy) is 1. The van der Waals surface area contributed by atoms with Gasteiger partial charge < -0.3 is 10.1 Å². The second-order valence-electron chi connectivity index (χ2n) is 5.44. The van der Waals surface area contributed by atoms with Crippen LogP contribution in [0.3, 0.4) is 0 Å². The molecular formula is C16H24N2O2. The van der Waals surface area contributed by atoms with Crippen molar-refractivity contribution in [2.24, 2.45) is 5.92 Å². The van der Waals surface area contributed by atoms with E-state index in [0.29, 0.717) is 0 Å². The number of carbonyl (C=O) groups is 1. The summed E-state index contributed by atoms with van der Waals surface area (Å²) in [6.07, 6.45) is 7.70. The highest BCUT2D eigenvalue weighted by Crippen LogP contribution is 2.23. The summed E-state index contributed by atoms with van der Waals surface area (Å²) in [6.45, 7) is 1.02. The van der Waals surface area contributed by atoms with Crippen molar-refractivity contribution < 1.29 is 9.53 Å². The standard InChI is InChI=1S/C16H24N2O2/c1-20-16(19)18-15-10-6-9-14(11-15)17-12-13-7-4-2-3-5-8-13/h6,9-11,13,17H,2-5,7-8,12H2,1H3,(H,18,19). The second-order valence-corrected chi connectivity index (χ2v) is 5.44. The van der Waals surface area contributed by atoms with Gasteiger partial charge in [-0.1, -0.05) is 31.7 Å². The van der Waals surface area contributed by atoms with Gasteiger partial charge in [-0.2, -0.15) is 0 Å². The van der Waals surface area contributed by atoms with Crippen LogP contribution in [0.1, 0.15) is 38.5 Å². The number of nitrogens with one attached hydrogen (secondary N) is 2. The van der Waals surface area contributed by atoms with Crippen LogP contribution >= 0.6 is 0 Å². The third kappa shape index (κ3) is 4.76. The van der Waals surface area contributed by atoms with Crippen molar-refractivity contribution in [2.45, 2.75) is 38.5 Å². The molecule has 0 aliphatic heterocycles. The molecule has 0 aromatic heterocycles. The molecule has 0 radical (unpaired) electrons. The molecule has 2 N–H and O–H groups in total. The van der Waals surface area contributed by atoms with Crippen LogP contribution in [0, 0.1) is 5.92 Å². The lowest BCUT2D eigenvalue weighted by molar-refractivity contribution is 0.187. The lowest BCUT2D eigenvalue weighted by Crippen LogP contribution is -2.14. The van der Waals surface area contributed by atoms with E-state index in [1.165, 1.54) is 45.6 Å². The van der Waals surface area contributed by atoms with Gasteiger partial charge in [0.05, 0.1) is 7.11 Å². The van der Waals surface area contributed by atoms with Crippen molar-refractivity contribution in [1.29, 1.82) is 0 Å². The topological polar surface area (TPSA) is 50.4 Å². The van der Waals surface area contributed by atoms with Gasteiger partial charge in [0.1, 0.15) is 0 Å². The van der Waals surface area contributed by atoms with E-state index in [1.54, 1.807) is 0 Å². The normalized spacial score (nSPS) is 16.2. The molecule has 110 valence electrons. The first-order chi connectivity index (χ1) is 9.78. The zero-order chi connectivity index (χ0) is 14.2. The number of hydrogen-bond donors (Lipinski definition) is 2. The fourth-order valence-corrected chi connectivity index (χ4v) is 2.71. The Kier molecular flexibility index (Phi) is 5.71. The van der Waals surface area contributed by atoms with E-state index >= 15 is 0 Å². The molecule has 1 aromatic carbocycles. The van der Waals surface area contributed by atoms with Crippen LogP contribution in [0.5, 0.6) is 0 Å². The third-order valence-electron chi connectivity index (χ3n) is 3.86. The Morgan fingerprint density at radius 1 is 1.20 bits per heavy atom. The summed E-state index contributed by atoms with van der Waals surface area (Å²) < 4.78 is 4.59. The van der Waals surface area contributed by atoms with E-state index in [2.05, 4.69) is 15.4 Å². The Balaban J connectivity index is 1.85. The molecule has 4 nitrogen and oxygen atoms in total. The number of benzene rings is 1. The van der Waals surface area contributed by atoms with Gasteiger partial charge in [-0.3, -0.25) is 5.32 Å². The number of methoxy groups -OCH3 is 1. The van der Waals surface area contributed by atoms with Crippen LogP contribution in [-0.4, -0.2) is 19.7 Å². The predicted molar refractivity (Wildman–Crippen MR) is 82.2 cm³/mol. The highest BCUT2D eigenvalue weighted by molar-refractivity contribution is 5.85. The summed E-state index contributed by atoms with van der Waals surface area (Å²) >= 11 is 0. The zero-order valence-electron chi connectivity index (χ0n) is 12.2. The summed E-state index contributed by atoms with van der Waals surface area (Å²) in [4.78, 5) is 11.2. The minimum absolute atomic E-state index is 0.439. The Morgan fingerprint density at radius 3 is 2.60 bits per heavy atom. The molecule has 1 aliphatic rings. The van der Waals surface area contributed by atoms with Crippen LogP contribution < -0.4 is 10.6 Å². The molecule has 1 amide bonds. The Morgan fingerprint density at radius 2 is 1.90 bits per heavy atom. The molecular weight excluding hydrogens is 252 g/mol. The number of amides is 1. The molecule has 0 spiro atoms. The largest absolute Gasteiger partial charge is 0.453 e. The maximum absolute atomic E-state index is 11.2. The number of anilines is 2. The van der Waals surface area contributed by atoms with Gasteiger partial charge in [-0.05, 0) is 37.0 Å². The minimum atomic E-state index is -0.439. The summed E-state index contributed by atoms with van der Waals surface area (Å²) in [5.41, 5.74) is 1.80. The van der Waals surface area contributed by atoms with E-state index in [9.17, 15) is 4.79 Å². The Labute approximate surface area is 120 Å². The molecule has 4 heteroatoms. The fourth-order valence-electron chi connectivity index (χ4n) is 2.71. The van der Waals surface area contributed by atoms with Crippen molar-refractivity contribution in [3.63, 3.8) is 0 Å². The van der Waals surface area contributed by atoms with Crippen LogP contribution in [0.2, 0.25) is 0 Å². The average Bonchev–Trinajstić information content (AvgIpc) is 2.74. The van der Waals surface area contributed by atoms with Gasteiger partial charge in [0.15, 0.2) is 0 Å². The van der Waals surface area contributed by atoms with Gasteiger partial charge in [0, 0.05) is 17.9 Å². The molecule has 1 saturated carbocycles. The molecule has 1 aromatic rings. The van der Waals surface area contributed by atoms with Crippen molar-refractivity contribution in [3.05, 3.63) is 24.3 Å². The maximum atomic E-state index is 11.2. The number of rotatable bonds is 4. The van der Waals surface area contributed by atoms with E-state index < -0.39 is 6.09 Å². The highest BCUT2D eigenvalue weighted by Gasteiger charge is 2.11. The molecule has 20 heavy (non-hydrogen) atoms. The van der Waals surface area contributed by atoms with Crippen molar-refractivity contribution >= 4 is 17.5 Å². The van der Waals surface area contributed by atoms with Gasteiger partial charge in [0.2, 0.25) is 0 Å². The molecule has 0 heterocycles. The highest BCUT2D eigenvalue weighted by atomic mass is 16.5. The van der Waals surface area contributed by atoms with Crippen molar-refractivity contribution in [1.82, 2.24) is 0 Å². The van der Waals surface area contributed by atoms with E-state index in [-0.39, 0.29) is 0 Å². The summed E-state index contributed by atoms with van der Waals surface area (Å²) in [5.74, 6) is 0.773. The van der Waals surface area contributed by atoms with Gasteiger partial charge in [0.25, 0.3) is 0 Å². The Bertz CT molecular complexity index is 426. The average molecular weight is 276 g/mol. The fraction of sp³-hybridized carbons (Fsp3) is 0.562. The van der Waals surface area contributed by atoms with E-state index in [0.717, 1.165) is 23.8 Å².